The summed E-state index contributed by atoms with van der Waals surface area (Å²) in [6, 6.07) is 16.3. The van der Waals surface area contributed by atoms with E-state index >= 15 is 0 Å². The number of aromatic nitrogens is 3. The Morgan fingerprint density at radius 1 is 1.12 bits per heavy atom. The zero-order valence-corrected chi connectivity index (χ0v) is 13.7. The number of carboxylic acid groups (broad SMARTS) is 1. The molecule has 0 bridgehead atoms. The van der Waals surface area contributed by atoms with Crippen LogP contribution >= 0.6 is 11.8 Å². The first-order chi connectivity index (χ1) is 11.7. The van der Waals surface area contributed by atoms with Gasteiger partial charge >= 0.3 is 5.97 Å². The molecule has 0 amide bonds. The van der Waals surface area contributed by atoms with Crippen LogP contribution in [0.5, 0.6) is 5.88 Å². The third-order valence-corrected chi connectivity index (χ3v) is 4.23. The molecule has 122 valence electrons. The van der Waals surface area contributed by atoms with Gasteiger partial charge in [-0.2, -0.15) is 0 Å². The van der Waals surface area contributed by atoms with Crippen molar-refractivity contribution in [3.8, 4) is 17.0 Å². The third-order valence-electron chi connectivity index (χ3n) is 3.48. The molecule has 0 fully saturated rings. The van der Waals surface area contributed by atoms with Crippen molar-refractivity contribution in [1.29, 1.82) is 0 Å². The first kappa shape index (κ1) is 16.1. The summed E-state index contributed by atoms with van der Waals surface area (Å²) in [5.74, 6) is -1.17. The number of carbonyl (C=O) groups is 1. The quantitative estimate of drug-likeness (QED) is 0.668. The molecule has 0 radical (unpaired) electrons. The number of hydrogen-bond acceptors (Lipinski definition) is 5. The van der Waals surface area contributed by atoms with Gasteiger partial charge in [0.15, 0.2) is 0 Å². The van der Waals surface area contributed by atoms with Gasteiger partial charge in [-0.25, -0.2) is 9.89 Å². The molecule has 0 aliphatic heterocycles. The van der Waals surface area contributed by atoms with Crippen LogP contribution in [0, 0.1) is 0 Å². The van der Waals surface area contributed by atoms with Crippen molar-refractivity contribution in [2.24, 2.45) is 0 Å². The largest absolute Gasteiger partial charge is 0.476 e. The van der Waals surface area contributed by atoms with Gasteiger partial charge in [-0.1, -0.05) is 46.7 Å². The Hall–Kier alpha value is -2.80. The summed E-state index contributed by atoms with van der Waals surface area (Å²) in [6.07, 6.45) is 2.05. The maximum Gasteiger partial charge on any atom is 0.359 e. The van der Waals surface area contributed by atoms with E-state index in [9.17, 15) is 4.79 Å². The number of aromatic carboxylic acids is 1. The second-order valence-corrected chi connectivity index (χ2v) is 5.89. The van der Waals surface area contributed by atoms with Crippen molar-refractivity contribution in [2.75, 3.05) is 6.26 Å². The lowest BCUT2D eigenvalue weighted by molar-refractivity contribution is 0.0685. The molecule has 3 rings (SSSR count). The van der Waals surface area contributed by atoms with Crippen molar-refractivity contribution < 1.29 is 14.6 Å². The maximum atomic E-state index is 10.9. The molecule has 0 atom stereocenters. The first-order valence-electron chi connectivity index (χ1n) is 7.18. The van der Waals surface area contributed by atoms with Crippen LogP contribution in [0.3, 0.4) is 0 Å². The number of aromatic amines is 1. The third kappa shape index (κ3) is 3.57. The van der Waals surface area contributed by atoms with E-state index in [2.05, 4.69) is 45.9 Å². The van der Waals surface area contributed by atoms with Gasteiger partial charge in [-0.05, 0) is 35.1 Å². The predicted octanol–water partition coefficient (Wildman–Crippen LogP) is 3.47. The zero-order chi connectivity index (χ0) is 16.9. The number of nitrogens with zero attached hydrogens (tertiary/aromatic N) is 2. The van der Waals surface area contributed by atoms with Crippen LogP contribution in [0.15, 0.2) is 53.4 Å². The SMILES string of the molecule is CSc1ccc(-c2ccc(COc3nn[nH]c3C(=O)O)cc2)cc1. The predicted molar refractivity (Wildman–Crippen MR) is 91.3 cm³/mol. The Morgan fingerprint density at radius 3 is 2.33 bits per heavy atom. The lowest BCUT2D eigenvalue weighted by Gasteiger charge is -2.06. The van der Waals surface area contributed by atoms with Crippen LogP contribution < -0.4 is 4.74 Å². The normalized spacial score (nSPS) is 10.5. The minimum absolute atomic E-state index is 0.0146. The van der Waals surface area contributed by atoms with E-state index in [1.165, 1.54) is 4.90 Å². The summed E-state index contributed by atoms with van der Waals surface area (Å²) in [5, 5.41) is 18.3. The minimum atomic E-state index is -1.15. The molecule has 0 spiro atoms. The van der Waals surface area contributed by atoms with Crippen LogP contribution in [-0.4, -0.2) is 32.7 Å². The van der Waals surface area contributed by atoms with Gasteiger partial charge in [0.25, 0.3) is 5.88 Å². The van der Waals surface area contributed by atoms with Crippen LogP contribution in [0.1, 0.15) is 16.1 Å². The van der Waals surface area contributed by atoms with Gasteiger partial charge < -0.3 is 9.84 Å². The Morgan fingerprint density at radius 2 is 1.75 bits per heavy atom. The van der Waals surface area contributed by atoms with Crippen LogP contribution in [0.2, 0.25) is 0 Å². The molecule has 2 N–H and O–H groups in total. The highest BCUT2D eigenvalue weighted by Gasteiger charge is 2.15. The summed E-state index contributed by atoms with van der Waals surface area (Å²) in [6.45, 7) is 0.221. The van der Waals surface area contributed by atoms with Crippen molar-refractivity contribution in [1.82, 2.24) is 15.4 Å². The molecular weight excluding hydrogens is 326 g/mol. The fraction of sp³-hybridized carbons (Fsp3) is 0.118. The van der Waals surface area contributed by atoms with E-state index in [1.807, 2.05) is 24.3 Å². The smallest absolute Gasteiger partial charge is 0.359 e. The molecule has 0 aliphatic rings. The zero-order valence-electron chi connectivity index (χ0n) is 12.9. The number of thioether (sulfide) groups is 1. The standard InChI is InChI=1S/C17H15N3O3S/c1-24-14-8-6-13(7-9-14)12-4-2-11(3-5-12)10-23-16-15(17(21)22)18-20-19-16/h2-9H,10H2,1H3,(H,21,22)(H,18,19,20). The number of benzene rings is 2. The molecule has 24 heavy (non-hydrogen) atoms. The summed E-state index contributed by atoms with van der Waals surface area (Å²) in [5.41, 5.74) is 3.02. The Balaban J connectivity index is 1.68. The Kier molecular flexibility index (Phi) is 4.81. The monoisotopic (exact) mass is 341 g/mol. The van der Waals surface area contributed by atoms with Gasteiger partial charge in [0.05, 0.1) is 0 Å². The van der Waals surface area contributed by atoms with Crippen molar-refractivity contribution in [3.63, 3.8) is 0 Å². The van der Waals surface area contributed by atoms with E-state index in [4.69, 9.17) is 9.84 Å². The molecule has 1 aromatic heterocycles. The van der Waals surface area contributed by atoms with Gasteiger partial charge in [-0.15, -0.1) is 11.8 Å². The number of nitrogens with one attached hydrogen (secondary N) is 1. The maximum absolute atomic E-state index is 10.9. The molecule has 6 nitrogen and oxygen atoms in total. The lowest BCUT2D eigenvalue weighted by Crippen LogP contribution is -2.03. The fourth-order valence-corrected chi connectivity index (χ4v) is 2.60. The molecule has 7 heteroatoms. The summed E-state index contributed by atoms with van der Waals surface area (Å²) in [4.78, 5) is 12.2. The van der Waals surface area contributed by atoms with Crippen LogP contribution in [0.4, 0.5) is 0 Å². The molecule has 0 saturated heterocycles. The van der Waals surface area contributed by atoms with Gasteiger partial charge in [-0.3, -0.25) is 0 Å². The first-order valence-corrected chi connectivity index (χ1v) is 8.40. The van der Waals surface area contributed by atoms with Gasteiger partial charge in [0.2, 0.25) is 5.69 Å². The van der Waals surface area contributed by atoms with Gasteiger partial charge in [0, 0.05) is 4.90 Å². The molecule has 0 aliphatic carbocycles. The Labute approximate surface area is 142 Å². The summed E-state index contributed by atoms with van der Waals surface area (Å²) < 4.78 is 5.41. The summed E-state index contributed by atoms with van der Waals surface area (Å²) in [7, 11) is 0. The average molecular weight is 341 g/mol. The second kappa shape index (κ2) is 7.18. The summed E-state index contributed by atoms with van der Waals surface area (Å²) >= 11 is 1.71. The Bertz CT molecular complexity index is 829. The highest BCUT2D eigenvalue weighted by Crippen LogP contribution is 2.23. The van der Waals surface area contributed by atoms with E-state index in [1.54, 1.807) is 11.8 Å². The molecule has 3 aromatic rings. The number of rotatable bonds is 6. The molecule has 1 heterocycles. The fourth-order valence-electron chi connectivity index (χ4n) is 2.19. The molecular formula is C17H15N3O3S. The molecule has 0 saturated carbocycles. The average Bonchev–Trinajstić information content (AvgIpc) is 3.09. The number of hydrogen-bond donors (Lipinski definition) is 2. The van der Waals surface area contributed by atoms with E-state index in [0.29, 0.717) is 0 Å². The minimum Gasteiger partial charge on any atom is -0.476 e. The van der Waals surface area contributed by atoms with E-state index in [0.717, 1.165) is 16.7 Å². The van der Waals surface area contributed by atoms with Crippen molar-refractivity contribution >= 4 is 17.7 Å². The van der Waals surface area contributed by atoms with E-state index < -0.39 is 5.97 Å². The lowest BCUT2D eigenvalue weighted by atomic mass is 10.0. The second-order valence-electron chi connectivity index (χ2n) is 5.01. The highest BCUT2D eigenvalue weighted by molar-refractivity contribution is 7.98. The number of H-pyrrole nitrogens is 1. The van der Waals surface area contributed by atoms with Crippen LogP contribution in [-0.2, 0) is 6.61 Å². The van der Waals surface area contributed by atoms with Crippen LogP contribution in [0.25, 0.3) is 11.1 Å². The van der Waals surface area contributed by atoms with E-state index in [-0.39, 0.29) is 18.2 Å². The molecule has 0 unspecified atom stereocenters. The topological polar surface area (TPSA) is 88.1 Å². The molecule has 2 aromatic carbocycles. The van der Waals surface area contributed by atoms with Crippen molar-refractivity contribution in [3.05, 3.63) is 59.8 Å². The van der Waals surface area contributed by atoms with Gasteiger partial charge in [0.1, 0.15) is 6.61 Å². The number of carboxylic acids is 1. The van der Waals surface area contributed by atoms with Crippen molar-refractivity contribution in [2.45, 2.75) is 11.5 Å². The number of ether oxygens (including phenoxy) is 1. The highest BCUT2D eigenvalue weighted by atomic mass is 32.2.